The maximum absolute atomic E-state index is 13.4. The summed E-state index contributed by atoms with van der Waals surface area (Å²) in [7, 11) is -2.34. The van der Waals surface area contributed by atoms with Gasteiger partial charge in [0, 0.05) is 48.4 Å². The van der Waals surface area contributed by atoms with E-state index in [0.29, 0.717) is 31.8 Å². The average Bonchev–Trinajstić information content (AvgIpc) is 2.90. The van der Waals surface area contributed by atoms with Crippen molar-refractivity contribution in [3.63, 3.8) is 0 Å². The van der Waals surface area contributed by atoms with Crippen molar-refractivity contribution < 1.29 is 22.3 Å². The van der Waals surface area contributed by atoms with E-state index in [1.807, 2.05) is 23.1 Å². The van der Waals surface area contributed by atoms with Gasteiger partial charge in [-0.1, -0.05) is 33.6 Å². The maximum Gasteiger partial charge on any atom is 0.251 e. The van der Waals surface area contributed by atoms with Crippen molar-refractivity contribution in [2.45, 2.75) is 11.3 Å². The van der Waals surface area contributed by atoms with Crippen molar-refractivity contribution in [3.8, 4) is 5.75 Å². The number of sulfonamides is 1. The van der Waals surface area contributed by atoms with E-state index in [-0.39, 0.29) is 34.4 Å². The van der Waals surface area contributed by atoms with E-state index >= 15 is 0 Å². The van der Waals surface area contributed by atoms with Crippen molar-refractivity contribution in [1.82, 2.24) is 9.62 Å². The molecule has 1 aliphatic rings. The van der Waals surface area contributed by atoms with E-state index in [2.05, 4.69) is 21.2 Å². The van der Waals surface area contributed by atoms with Gasteiger partial charge in [0.25, 0.3) is 5.91 Å². The highest BCUT2D eigenvalue weighted by Crippen LogP contribution is 2.28. The van der Waals surface area contributed by atoms with Crippen molar-refractivity contribution in [3.05, 3.63) is 87.1 Å². The quantitative estimate of drug-likeness (QED) is 0.399. The van der Waals surface area contributed by atoms with Crippen LogP contribution < -0.4 is 15.0 Å². The highest BCUT2D eigenvalue weighted by molar-refractivity contribution is 9.10. The van der Waals surface area contributed by atoms with Crippen LogP contribution in [0.2, 0.25) is 5.02 Å². The summed E-state index contributed by atoms with van der Waals surface area (Å²) in [6.07, 6.45) is 0.541. The summed E-state index contributed by atoms with van der Waals surface area (Å²) >= 11 is 9.68. The second-order valence-electron chi connectivity index (χ2n) is 8.47. The van der Waals surface area contributed by atoms with Gasteiger partial charge in [-0.15, -0.1) is 0 Å². The third-order valence-electron chi connectivity index (χ3n) is 6.17. The molecule has 11 heteroatoms. The number of methoxy groups -OCH3 is 1. The van der Waals surface area contributed by atoms with Gasteiger partial charge in [0.1, 0.15) is 16.5 Å². The number of nitrogens with zero attached hydrogens (tertiary/aromatic N) is 2. The molecule has 0 unspecified atom stereocenters. The molecule has 1 N–H and O–H groups in total. The zero-order chi connectivity index (χ0) is 26.6. The van der Waals surface area contributed by atoms with Gasteiger partial charge in [0.05, 0.1) is 12.1 Å². The summed E-state index contributed by atoms with van der Waals surface area (Å²) in [5, 5.41) is 2.88. The van der Waals surface area contributed by atoms with Crippen LogP contribution in [0.15, 0.2) is 70.0 Å². The van der Waals surface area contributed by atoms with Crippen LogP contribution >= 0.6 is 27.5 Å². The average molecular weight is 611 g/mol. The van der Waals surface area contributed by atoms with Gasteiger partial charge in [0.15, 0.2) is 0 Å². The number of halogens is 3. The normalized spacial score (nSPS) is 14.4. The number of piperazine rings is 1. The summed E-state index contributed by atoms with van der Waals surface area (Å²) in [5.74, 6) is -0.00934. The fourth-order valence-corrected chi connectivity index (χ4v) is 6.42. The van der Waals surface area contributed by atoms with Crippen LogP contribution in [0.1, 0.15) is 15.9 Å². The molecular weight excluding hydrogens is 585 g/mol. The lowest BCUT2D eigenvalue weighted by Crippen LogP contribution is -2.48. The Morgan fingerprint density at radius 1 is 1.05 bits per heavy atom. The molecule has 3 aromatic rings. The van der Waals surface area contributed by atoms with E-state index in [1.54, 1.807) is 19.2 Å². The van der Waals surface area contributed by atoms with Gasteiger partial charge in [-0.05, 0) is 66.6 Å². The summed E-state index contributed by atoms with van der Waals surface area (Å²) in [4.78, 5) is 14.7. The van der Waals surface area contributed by atoms with Crippen LogP contribution in [-0.2, 0) is 16.4 Å². The second kappa shape index (κ2) is 11.8. The molecule has 1 fully saturated rings. The van der Waals surface area contributed by atoms with Crippen LogP contribution in [0.4, 0.5) is 10.1 Å². The van der Waals surface area contributed by atoms with Crippen LogP contribution in [0.3, 0.4) is 0 Å². The largest absolute Gasteiger partial charge is 0.496 e. The molecule has 1 amide bonds. The van der Waals surface area contributed by atoms with E-state index < -0.39 is 15.9 Å². The summed E-state index contributed by atoms with van der Waals surface area (Å²) < 4.78 is 47.6. The number of amides is 1. The predicted molar refractivity (Wildman–Crippen MR) is 146 cm³/mol. The number of anilines is 1. The third-order valence-corrected chi connectivity index (χ3v) is 9.04. The number of carbonyl (C=O) groups excluding carboxylic acids is 1. The van der Waals surface area contributed by atoms with Crippen LogP contribution in [-0.4, -0.2) is 58.5 Å². The highest BCUT2D eigenvalue weighted by Gasteiger charge is 2.31. The molecule has 1 heterocycles. The van der Waals surface area contributed by atoms with Crippen molar-refractivity contribution in [2.75, 3.05) is 44.7 Å². The Hall–Kier alpha value is -2.66. The lowest BCUT2D eigenvalue weighted by Gasteiger charge is -2.35. The zero-order valence-electron chi connectivity index (χ0n) is 20.1. The summed E-state index contributed by atoms with van der Waals surface area (Å²) in [6, 6.07) is 16.0. The fraction of sp³-hybridized carbons (Fsp3) is 0.269. The lowest BCUT2D eigenvalue weighted by molar-refractivity contribution is 0.0954. The Balaban J connectivity index is 1.41. The first-order valence-corrected chi connectivity index (χ1v) is 14.2. The highest BCUT2D eigenvalue weighted by atomic mass is 79.9. The van der Waals surface area contributed by atoms with Gasteiger partial charge < -0.3 is 15.0 Å². The van der Waals surface area contributed by atoms with Crippen LogP contribution in [0.5, 0.6) is 5.75 Å². The number of nitrogens with one attached hydrogen (secondary N) is 1. The monoisotopic (exact) mass is 609 g/mol. The van der Waals surface area contributed by atoms with E-state index in [1.165, 1.54) is 34.6 Å². The molecule has 0 atom stereocenters. The van der Waals surface area contributed by atoms with Crippen LogP contribution in [0, 0.1) is 5.82 Å². The van der Waals surface area contributed by atoms with Crippen molar-refractivity contribution in [1.29, 1.82) is 0 Å². The number of hydrogen-bond donors (Lipinski definition) is 1. The molecule has 3 aromatic carbocycles. The molecule has 0 aromatic heterocycles. The summed E-state index contributed by atoms with van der Waals surface area (Å²) in [6.45, 7) is 1.71. The Kier molecular flexibility index (Phi) is 8.74. The molecular formula is C26H26BrClFN3O4S. The molecule has 196 valence electrons. The molecule has 1 aliphatic heterocycles. The maximum atomic E-state index is 13.4. The molecule has 0 radical (unpaired) electrons. The van der Waals surface area contributed by atoms with Gasteiger partial charge in [-0.25, -0.2) is 12.8 Å². The fourth-order valence-electron chi connectivity index (χ4n) is 4.16. The number of ether oxygens (including phenoxy) is 1. The minimum absolute atomic E-state index is 0.0529. The molecule has 0 spiro atoms. The molecule has 0 saturated carbocycles. The van der Waals surface area contributed by atoms with Crippen LogP contribution in [0.25, 0.3) is 0 Å². The minimum atomic E-state index is -3.92. The SMILES string of the molecule is COc1cc(Br)ccc1CCNC(=O)c1ccc(Cl)c(S(=O)(=O)N2CCN(c3ccc(F)cc3)CC2)c1. The van der Waals surface area contributed by atoms with E-state index in [4.69, 9.17) is 16.3 Å². The Labute approximate surface area is 229 Å². The lowest BCUT2D eigenvalue weighted by atomic mass is 10.1. The topological polar surface area (TPSA) is 78.9 Å². The number of carbonyl (C=O) groups is 1. The number of hydrogen-bond acceptors (Lipinski definition) is 5. The molecule has 1 saturated heterocycles. The Bertz CT molecular complexity index is 1380. The summed E-state index contributed by atoms with van der Waals surface area (Å²) in [5.41, 5.74) is 1.97. The van der Waals surface area contributed by atoms with Gasteiger partial charge in [0.2, 0.25) is 10.0 Å². The van der Waals surface area contributed by atoms with Gasteiger partial charge in [-0.3, -0.25) is 4.79 Å². The number of rotatable bonds is 8. The predicted octanol–water partition coefficient (Wildman–Crippen LogP) is 4.73. The van der Waals surface area contributed by atoms with E-state index in [0.717, 1.165) is 15.7 Å². The first-order chi connectivity index (χ1) is 17.7. The number of benzene rings is 3. The first kappa shape index (κ1) is 27.4. The molecule has 0 bridgehead atoms. The molecule has 0 aliphatic carbocycles. The zero-order valence-corrected chi connectivity index (χ0v) is 23.2. The van der Waals surface area contributed by atoms with Crippen molar-refractivity contribution >= 4 is 49.1 Å². The van der Waals surface area contributed by atoms with Gasteiger partial charge >= 0.3 is 0 Å². The minimum Gasteiger partial charge on any atom is -0.496 e. The Morgan fingerprint density at radius 2 is 1.76 bits per heavy atom. The Morgan fingerprint density at radius 3 is 2.43 bits per heavy atom. The standard InChI is InChI=1S/C26H26BrClFN3O4S/c1-36-24-17-20(27)4-2-18(24)10-11-30-26(33)19-3-9-23(28)25(16-19)37(34,35)32-14-12-31(13-15-32)22-7-5-21(29)6-8-22/h2-9,16-17H,10-15H2,1H3,(H,30,33). The molecule has 37 heavy (non-hydrogen) atoms. The molecule has 4 rings (SSSR count). The molecule has 7 nitrogen and oxygen atoms in total. The van der Waals surface area contributed by atoms with Gasteiger partial charge in [-0.2, -0.15) is 4.31 Å². The third kappa shape index (κ3) is 6.43. The first-order valence-electron chi connectivity index (χ1n) is 11.6. The van der Waals surface area contributed by atoms with E-state index in [9.17, 15) is 17.6 Å². The second-order valence-corrected chi connectivity index (χ2v) is 11.7. The van der Waals surface area contributed by atoms with Crippen molar-refractivity contribution in [2.24, 2.45) is 0 Å². The smallest absolute Gasteiger partial charge is 0.251 e.